The van der Waals surface area contributed by atoms with Gasteiger partial charge in [0, 0.05) is 6.42 Å². The molecule has 0 heterocycles. The van der Waals surface area contributed by atoms with E-state index in [0.29, 0.717) is 5.56 Å². The second kappa shape index (κ2) is 5.21. The van der Waals surface area contributed by atoms with Gasteiger partial charge in [-0.2, -0.15) is 13.2 Å². The third-order valence-electron chi connectivity index (χ3n) is 2.33. The van der Waals surface area contributed by atoms with Gasteiger partial charge in [0.2, 0.25) is 0 Å². The topological polar surface area (TPSA) is 26.3 Å². The van der Waals surface area contributed by atoms with Crippen LogP contribution in [-0.2, 0) is 16.0 Å². The fourth-order valence-electron chi connectivity index (χ4n) is 1.71. The fraction of sp³-hybridized carbons (Fsp3) is 0.417. The number of benzene rings is 1. The first-order valence-electron chi connectivity index (χ1n) is 5.07. The zero-order chi connectivity index (χ0) is 12.9. The minimum atomic E-state index is -4.37. The van der Waals surface area contributed by atoms with E-state index in [-0.39, 0.29) is 12.9 Å². The molecular formula is C12H13F3O2. The molecule has 0 aliphatic rings. The minimum absolute atomic E-state index is 0.0338. The first kappa shape index (κ1) is 13.5. The number of hydrogen-bond donors (Lipinski definition) is 0. The number of carbonyl (C=O) groups excluding carboxylic acids is 1. The summed E-state index contributed by atoms with van der Waals surface area (Å²) < 4.78 is 41.8. The molecule has 0 fully saturated rings. The fourth-order valence-corrected chi connectivity index (χ4v) is 1.71. The third kappa shape index (κ3) is 4.89. The average Bonchev–Trinajstić information content (AvgIpc) is 2.15. The van der Waals surface area contributed by atoms with Crippen molar-refractivity contribution in [3.8, 4) is 0 Å². The van der Waals surface area contributed by atoms with Crippen molar-refractivity contribution in [2.75, 3.05) is 0 Å². The molecule has 0 amide bonds. The van der Waals surface area contributed by atoms with Gasteiger partial charge in [-0.05, 0) is 12.5 Å². The van der Waals surface area contributed by atoms with Crippen LogP contribution in [-0.4, -0.2) is 18.2 Å². The molecule has 2 nitrogen and oxygen atoms in total. The first-order valence-corrected chi connectivity index (χ1v) is 5.07. The standard InChI is InChI=1S/C12H13F3O2/c1-11(17-9-16,8-12(13,14)15)7-10-5-3-2-4-6-10/h2-6,9H,7-8H2,1H3. The number of alkyl halides is 3. The van der Waals surface area contributed by atoms with Gasteiger partial charge in [0.1, 0.15) is 5.60 Å². The van der Waals surface area contributed by atoms with E-state index in [1.165, 1.54) is 6.92 Å². The molecule has 0 radical (unpaired) electrons. The minimum Gasteiger partial charge on any atom is -0.461 e. The molecule has 1 atom stereocenters. The van der Waals surface area contributed by atoms with E-state index in [4.69, 9.17) is 0 Å². The molecule has 0 aromatic heterocycles. The van der Waals surface area contributed by atoms with Crippen molar-refractivity contribution >= 4 is 6.47 Å². The predicted molar refractivity (Wildman–Crippen MR) is 56.4 cm³/mol. The third-order valence-corrected chi connectivity index (χ3v) is 2.33. The van der Waals surface area contributed by atoms with Crippen molar-refractivity contribution in [2.24, 2.45) is 0 Å². The summed E-state index contributed by atoms with van der Waals surface area (Å²) in [5.74, 6) is 0. The molecule has 5 heteroatoms. The Morgan fingerprint density at radius 3 is 2.29 bits per heavy atom. The van der Waals surface area contributed by atoms with Crippen molar-refractivity contribution in [1.82, 2.24) is 0 Å². The van der Waals surface area contributed by atoms with E-state index in [1.807, 2.05) is 0 Å². The van der Waals surface area contributed by atoms with E-state index in [0.717, 1.165) is 0 Å². The summed E-state index contributed by atoms with van der Waals surface area (Å²) in [6, 6.07) is 8.62. The summed E-state index contributed by atoms with van der Waals surface area (Å²) in [7, 11) is 0. The highest BCUT2D eigenvalue weighted by molar-refractivity contribution is 5.38. The number of ether oxygens (including phenoxy) is 1. The van der Waals surface area contributed by atoms with E-state index < -0.39 is 18.2 Å². The number of halogens is 3. The molecule has 0 N–H and O–H groups in total. The summed E-state index contributed by atoms with van der Waals surface area (Å²) in [4.78, 5) is 10.3. The lowest BCUT2D eigenvalue weighted by molar-refractivity contribution is -0.184. The largest absolute Gasteiger partial charge is 0.461 e. The summed E-state index contributed by atoms with van der Waals surface area (Å²) in [5.41, 5.74) is -0.859. The van der Waals surface area contributed by atoms with Crippen LogP contribution in [0.1, 0.15) is 18.9 Å². The SMILES string of the molecule is CC(Cc1ccccc1)(CC(F)(F)F)OC=O. The van der Waals surface area contributed by atoms with Crippen molar-refractivity contribution in [2.45, 2.75) is 31.5 Å². The van der Waals surface area contributed by atoms with Crippen LogP contribution in [0.4, 0.5) is 13.2 Å². The smallest absolute Gasteiger partial charge is 0.392 e. The monoisotopic (exact) mass is 246 g/mol. The highest BCUT2D eigenvalue weighted by atomic mass is 19.4. The van der Waals surface area contributed by atoms with Crippen LogP contribution < -0.4 is 0 Å². The Labute approximate surface area is 97.4 Å². The maximum absolute atomic E-state index is 12.4. The van der Waals surface area contributed by atoms with Crippen molar-refractivity contribution in [3.63, 3.8) is 0 Å². The van der Waals surface area contributed by atoms with Crippen LogP contribution in [0, 0.1) is 0 Å². The van der Waals surface area contributed by atoms with Crippen LogP contribution >= 0.6 is 0 Å². The summed E-state index contributed by atoms with van der Waals surface area (Å²) in [6.45, 7) is 1.34. The van der Waals surface area contributed by atoms with Crippen LogP contribution in [0.25, 0.3) is 0 Å². The Kier molecular flexibility index (Phi) is 4.15. The van der Waals surface area contributed by atoms with Gasteiger partial charge in [0.05, 0.1) is 6.42 Å². The Balaban J connectivity index is 2.81. The van der Waals surface area contributed by atoms with Gasteiger partial charge in [-0.3, -0.25) is 4.79 Å². The van der Waals surface area contributed by atoms with Crippen LogP contribution in [0.2, 0.25) is 0 Å². The maximum Gasteiger partial charge on any atom is 0.392 e. The molecule has 1 unspecified atom stereocenters. The molecule has 0 saturated carbocycles. The Bertz CT molecular complexity index is 362. The molecule has 17 heavy (non-hydrogen) atoms. The lowest BCUT2D eigenvalue weighted by atomic mass is 9.93. The zero-order valence-electron chi connectivity index (χ0n) is 9.33. The summed E-state index contributed by atoms with van der Waals surface area (Å²) in [5, 5.41) is 0. The number of rotatable bonds is 5. The highest BCUT2D eigenvalue weighted by Crippen LogP contribution is 2.32. The van der Waals surface area contributed by atoms with E-state index in [2.05, 4.69) is 4.74 Å². The molecule has 0 spiro atoms. The summed E-state index contributed by atoms with van der Waals surface area (Å²) >= 11 is 0. The number of carbonyl (C=O) groups is 1. The molecule has 1 rings (SSSR count). The van der Waals surface area contributed by atoms with E-state index in [9.17, 15) is 18.0 Å². The normalized spacial score (nSPS) is 15.1. The predicted octanol–water partition coefficient (Wildman–Crippen LogP) is 3.11. The summed E-state index contributed by atoms with van der Waals surface area (Å²) in [6.07, 6.45) is -5.49. The molecular weight excluding hydrogens is 233 g/mol. The van der Waals surface area contributed by atoms with Gasteiger partial charge < -0.3 is 4.74 Å². The molecule has 0 saturated heterocycles. The maximum atomic E-state index is 12.4. The van der Waals surface area contributed by atoms with Crippen molar-refractivity contribution in [3.05, 3.63) is 35.9 Å². The molecule has 0 aliphatic heterocycles. The van der Waals surface area contributed by atoms with Crippen LogP contribution in [0.3, 0.4) is 0 Å². The van der Waals surface area contributed by atoms with Gasteiger partial charge in [-0.25, -0.2) is 0 Å². The highest BCUT2D eigenvalue weighted by Gasteiger charge is 2.41. The lowest BCUT2D eigenvalue weighted by Gasteiger charge is -2.28. The van der Waals surface area contributed by atoms with Crippen molar-refractivity contribution in [1.29, 1.82) is 0 Å². The quantitative estimate of drug-likeness (QED) is 0.746. The molecule has 0 aliphatic carbocycles. The van der Waals surface area contributed by atoms with E-state index in [1.54, 1.807) is 30.3 Å². The number of hydrogen-bond acceptors (Lipinski definition) is 2. The van der Waals surface area contributed by atoms with Gasteiger partial charge in [0.25, 0.3) is 6.47 Å². The first-order chi connectivity index (χ1) is 7.85. The Morgan fingerprint density at radius 2 is 1.82 bits per heavy atom. The van der Waals surface area contributed by atoms with Crippen molar-refractivity contribution < 1.29 is 22.7 Å². The lowest BCUT2D eigenvalue weighted by Crippen LogP contribution is -2.36. The Morgan fingerprint density at radius 1 is 1.24 bits per heavy atom. The van der Waals surface area contributed by atoms with Gasteiger partial charge in [-0.1, -0.05) is 30.3 Å². The van der Waals surface area contributed by atoms with Crippen LogP contribution in [0.15, 0.2) is 30.3 Å². The molecule has 0 bridgehead atoms. The second-order valence-corrected chi connectivity index (χ2v) is 4.12. The van der Waals surface area contributed by atoms with E-state index >= 15 is 0 Å². The zero-order valence-corrected chi connectivity index (χ0v) is 9.33. The van der Waals surface area contributed by atoms with Crippen LogP contribution in [0.5, 0.6) is 0 Å². The van der Waals surface area contributed by atoms with Gasteiger partial charge in [-0.15, -0.1) is 0 Å². The van der Waals surface area contributed by atoms with Gasteiger partial charge >= 0.3 is 6.18 Å². The van der Waals surface area contributed by atoms with Gasteiger partial charge in [0.15, 0.2) is 0 Å². The molecule has 1 aromatic carbocycles. The molecule has 1 aromatic rings. The average molecular weight is 246 g/mol. The second-order valence-electron chi connectivity index (χ2n) is 4.12. The molecule has 94 valence electrons. The Hall–Kier alpha value is -1.52.